The molecule has 4 amide bonds. The van der Waals surface area contributed by atoms with Gasteiger partial charge >= 0.3 is 0 Å². The number of nitrogens with two attached hydrogens (primary N) is 2. The molecule has 2 aliphatic rings. The summed E-state index contributed by atoms with van der Waals surface area (Å²) in [4.78, 5) is 49.1. The Labute approximate surface area is 164 Å². The molecule has 2 heterocycles. The lowest BCUT2D eigenvalue weighted by molar-refractivity contribution is -0.121. The third kappa shape index (κ3) is 3.00. The first-order valence-corrected chi connectivity index (χ1v) is 8.45. The Hall–Kier alpha value is -4.40. The van der Waals surface area contributed by atoms with Gasteiger partial charge in [0, 0.05) is 24.3 Å². The summed E-state index contributed by atoms with van der Waals surface area (Å²) in [5, 5.41) is 0. The van der Waals surface area contributed by atoms with E-state index in [9.17, 15) is 19.2 Å². The van der Waals surface area contributed by atoms with Crippen molar-refractivity contribution in [3.05, 3.63) is 60.7 Å². The minimum atomic E-state index is -0.508. The second-order valence-corrected chi connectivity index (χ2v) is 6.20. The molecule has 0 saturated carbocycles. The van der Waals surface area contributed by atoms with Crippen molar-refractivity contribution in [2.75, 3.05) is 21.3 Å². The zero-order valence-electron chi connectivity index (χ0n) is 14.9. The zero-order chi connectivity index (χ0) is 20.7. The number of imide groups is 2. The summed E-state index contributed by atoms with van der Waals surface area (Å²) >= 11 is 0. The van der Waals surface area contributed by atoms with E-state index in [0.717, 1.165) is 22.0 Å². The minimum Gasteiger partial charge on any atom is -0.455 e. The number of hydrogen-bond donors (Lipinski definition) is 2. The maximum Gasteiger partial charge on any atom is 0.258 e. The van der Waals surface area contributed by atoms with Gasteiger partial charge in [-0.2, -0.15) is 0 Å². The van der Waals surface area contributed by atoms with E-state index >= 15 is 0 Å². The molecule has 0 unspecified atom stereocenters. The van der Waals surface area contributed by atoms with Crippen LogP contribution in [0.5, 0.6) is 11.5 Å². The number of rotatable bonds is 4. The summed E-state index contributed by atoms with van der Waals surface area (Å²) in [5.41, 5.74) is 12.7. The topological polar surface area (TPSA) is 136 Å². The first kappa shape index (κ1) is 18.0. The monoisotopic (exact) mass is 390 g/mol. The third-order valence-corrected chi connectivity index (χ3v) is 4.41. The van der Waals surface area contributed by atoms with Gasteiger partial charge in [-0.05, 0) is 36.4 Å². The number of hydrogen-bond acceptors (Lipinski definition) is 7. The number of anilines is 4. The Balaban J connectivity index is 1.56. The number of ether oxygens (including phenoxy) is 1. The van der Waals surface area contributed by atoms with Gasteiger partial charge in [0.15, 0.2) is 5.75 Å². The quantitative estimate of drug-likeness (QED) is 0.596. The molecule has 2 aromatic rings. The molecule has 0 saturated heterocycles. The predicted molar refractivity (Wildman–Crippen MR) is 105 cm³/mol. The van der Waals surface area contributed by atoms with Crippen LogP contribution in [0.25, 0.3) is 0 Å². The molecular weight excluding hydrogens is 376 g/mol. The van der Waals surface area contributed by atoms with Crippen LogP contribution in [0.4, 0.5) is 22.7 Å². The molecule has 0 bridgehead atoms. The SMILES string of the molecule is Nc1c(Oc2ccc(N3C(=O)C=CC3=O)cc2)ccc(N2C(=O)C=CC2=O)c1N. The smallest absolute Gasteiger partial charge is 0.258 e. The molecule has 0 atom stereocenters. The van der Waals surface area contributed by atoms with E-state index < -0.39 is 23.6 Å². The molecule has 9 nitrogen and oxygen atoms in total. The third-order valence-electron chi connectivity index (χ3n) is 4.41. The molecule has 29 heavy (non-hydrogen) atoms. The molecule has 0 aromatic heterocycles. The van der Waals surface area contributed by atoms with E-state index in [1.807, 2.05) is 0 Å². The summed E-state index contributed by atoms with van der Waals surface area (Å²) in [6.45, 7) is 0. The van der Waals surface area contributed by atoms with Crippen molar-refractivity contribution in [3.8, 4) is 11.5 Å². The van der Waals surface area contributed by atoms with Gasteiger partial charge in [-0.3, -0.25) is 19.2 Å². The summed E-state index contributed by atoms with van der Waals surface area (Å²) in [7, 11) is 0. The Morgan fingerprint density at radius 2 is 1.14 bits per heavy atom. The lowest BCUT2D eigenvalue weighted by atomic mass is 10.2. The van der Waals surface area contributed by atoms with E-state index in [4.69, 9.17) is 16.2 Å². The molecule has 0 fully saturated rings. The molecule has 2 aromatic carbocycles. The van der Waals surface area contributed by atoms with Crippen LogP contribution < -0.4 is 26.0 Å². The Morgan fingerprint density at radius 1 is 0.621 bits per heavy atom. The number of benzene rings is 2. The van der Waals surface area contributed by atoms with Crippen molar-refractivity contribution >= 4 is 46.4 Å². The average molecular weight is 390 g/mol. The normalized spacial score (nSPS) is 15.7. The molecule has 144 valence electrons. The summed E-state index contributed by atoms with van der Waals surface area (Å²) in [6, 6.07) is 9.19. The molecule has 9 heteroatoms. The van der Waals surface area contributed by atoms with Crippen LogP contribution in [-0.2, 0) is 19.2 Å². The van der Waals surface area contributed by atoms with Crippen LogP contribution in [-0.4, -0.2) is 23.6 Å². The van der Waals surface area contributed by atoms with Gasteiger partial charge in [-0.25, -0.2) is 9.80 Å². The fourth-order valence-corrected chi connectivity index (χ4v) is 2.97. The van der Waals surface area contributed by atoms with Crippen molar-refractivity contribution in [2.24, 2.45) is 0 Å². The maximum atomic E-state index is 11.8. The largest absolute Gasteiger partial charge is 0.455 e. The van der Waals surface area contributed by atoms with E-state index in [1.54, 1.807) is 24.3 Å². The highest BCUT2D eigenvalue weighted by molar-refractivity contribution is 6.29. The number of nitrogen functional groups attached to an aromatic ring is 2. The van der Waals surface area contributed by atoms with E-state index in [0.29, 0.717) is 11.4 Å². The Morgan fingerprint density at radius 3 is 1.69 bits per heavy atom. The lowest BCUT2D eigenvalue weighted by Gasteiger charge is -2.19. The van der Waals surface area contributed by atoms with Gasteiger partial charge in [0.1, 0.15) is 11.4 Å². The summed E-state index contributed by atoms with van der Waals surface area (Å²) < 4.78 is 5.72. The fraction of sp³-hybridized carbons (Fsp3) is 0. The second-order valence-electron chi connectivity index (χ2n) is 6.20. The summed E-state index contributed by atoms with van der Waals surface area (Å²) in [6.07, 6.45) is 4.69. The molecule has 0 radical (unpaired) electrons. The van der Waals surface area contributed by atoms with Gasteiger partial charge in [-0.1, -0.05) is 0 Å². The molecule has 4 N–H and O–H groups in total. The molecular formula is C20H14N4O5. The minimum absolute atomic E-state index is 0.0313. The number of carbonyl (C=O) groups excluding carboxylic acids is 4. The first-order valence-electron chi connectivity index (χ1n) is 8.45. The summed E-state index contributed by atoms with van der Waals surface area (Å²) in [5.74, 6) is -1.25. The van der Waals surface area contributed by atoms with Gasteiger partial charge in [-0.15, -0.1) is 0 Å². The average Bonchev–Trinajstić information content (AvgIpc) is 3.21. The van der Waals surface area contributed by atoms with Crippen LogP contribution >= 0.6 is 0 Å². The van der Waals surface area contributed by atoms with Crippen LogP contribution in [0, 0.1) is 0 Å². The fourth-order valence-electron chi connectivity index (χ4n) is 2.97. The molecule has 0 aliphatic carbocycles. The number of carbonyl (C=O) groups is 4. The van der Waals surface area contributed by atoms with E-state index in [1.165, 1.54) is 24.3 Å². The van der Waals surface area contributed by atoms with Crippen molar-refractivity contribution in [1.82, 2.24) is 0 Å². The lowest BCUT2D eigenvalue weighted by Crippen LogP contribution is -2.30. The molecule has 4 rings (SSSR count). The second kappa shape index (κ2) is 6.64. The number of amides is 4. The maximum absolute atomic E-state index is 11.8. The number of nitrogens with zero attached hydrogens (tertiary/aromatic N) is 2. The highest BCUT2D eigenvalue weighted by Crippen LogP contribution is 2.39. The van der Waals surface area contributed by atoms with Gasteiger partial charge in [0.05, 0.1) is 17.1 Å². The van der Waals surface area contributed by atoms with E-state index in [2.05, 4.69) is 0 Å². The zero-order valence-corrected chi connectivity index (χ0v) is 14.9. The van der Waals surface area contributed by atoms with Crippen LogP contribution in [0.15, 0.2) is 60.7 Å². The van der Waals surface area contributed by atoms with Crippen molar-refractivity contribution in [2.45, 2.75) is 0 Å². The van der Waals surface area contributed by atoms with Crippen molar-refractivity contribution in [1.29, 1.82) is 0 Å². The highest BCUT2D eigenvalue weighted by Gasteiger charge is 2.28. The Kier molecular flexibility index (Phi) is 4.12. The molecule has 0 spiro atoms. The van der Waals surface area contributed by atoms with Crippen LogP contribution in [0.2, 0.25) is 0 Å². The predicted octanol–water partition coefficient (Wildman–Crippen LogP) is 1.50. The van der Waals surface area contributed by atoms with Crippen molar-refractivity contribution in [3.63, 3.8) is 0 Å². The molecule has 2 aliphatic heterocycles. The van der Waals surface area contributed by atoms with Gasteiger partial charge in [0.25, 0.3) is 23.6 Å². The standard InChI is InChI=1S/C20H14N4O5/c21-19-13(24-17(27)9-10-18(24)28)5-6-14(20(19)22)29-12-3-1-11(2-4-12)23-15(25)7-8-16(23)26/h1-10H,21-22H2. The Bertz CT molecular complexity index is 1100. The van der Waals surface area contributed by atoms with Gasteiger partial charge in [0.2, 0.25) is 0 Å². The van der Waals surface area contributed by atoms with Crippen LogP contribution in [0.1, 0.15) is 0 Å². The highest BCUT2D eigenvalue weighted by atomic mass is 16.5. The van der Waals surface area contributed by atoms with Crippen molar-refractivity contribution < 1.29 is 23.9 Å². The first-order chi connectivity index (χ1) is 13.9. The van der Waals surface area contributed by atoms with Crippen LogP contribution in [0.3, 0.4) is 0 Å². The van der Waals surface area contributed by atoms with E-state index in [-0.39, 0.29) is 22.8 Å². The van der Waals surface area contributed by atoms with Gasteiger partial charge < -0.3 is 16.2 Å².